The van der Waals surface area contributed by atoms with Gasteiger partial charge in [-0.3, -0.25) is 4.79 Å². The largest absolute Gasteiger partial charge is 0.490 e. The molecule has 0 amide bonds. The molecule has 3 rings (SSSR count). The molecular weight excluding hydrogens is 242 g/mol. The molecular formula is C13H12F2O3. The van der Waals surface area contributed by atoms with Crippen LogP contribution in [0.5, 0.6) is 5.75 Å². The van der Waals surface area contributed by atoms with Crippen LogP contribution in [-0.4, -0.2) is 19.2 Å². The molecule has 18 heavy (non-hydrogen) atoms. The third kappa shape index (κ3) is 1.50. The lowest BCUT2D eigenvalue weighted by atomic mass is 10.0. The van der Waals surface area contributed by atoms with Crippen LogP contribution in [-0.2, 0) is 9.53 Å². The lowest BCUT2D eigenvalue weighted by Gasteiger charge is -2.17. The summed E-state index contributed by atoms with van der Waals surface area (Å²) in [6.45, 7) is 2.24. The highest BCUT2D eigenvalue weighted by Crippen LogP contribution is 2.60. The topological polar surface area (TPSA) is 35.5 Å². The highest BCUT2D eigenvalue weighted by atomic mass is 19.1. The quantitative estimate of drug-likeness (QED) is 0.759. The van der Waals surface area contributed by atoms with Crippen molar-refractivity contribution in [1.82, 2.24) is 0 Å². The molecule has 0 aromatic heterocycles. The number of hydrogen-bond donors (Lipinski definition) is 0. The molecule has 1 fully saturated rings. The number of halogens is 2. The van der Waals surface area contributed by atoms with Gasteiger partial charge < -0.3 is 9.47 Å². The molecule has 0 N–H and O–H groups in total. The summed E-state index contributed by atoms with van der Waals surface area (Å²) in [6, 6.07) is 2.11. The van der Waals surface area contributed by atoms with Crippen LogP contribution in [0.3, 0.4) is 0 Å². The van der Waals surface area contributed by atoms with Crippen LogP contribution in [0.2, 0.25) is 0 Å². The van der Waals surface area contributed by atoms with Gasteiger partial charge in [0.25, 0.3) is 0 Å². The number of rotatable bonds is 2. The van der Waals surface area contributed by atoms with Gasteiger partial charge in [-0.25, -0.2) is 8.78 Å². The third-order valence-electron chi connectivity index (χ3n) is 3.58. The fraction of sp³-hybridized carbons (Fsp3) is 0.462. The summed E-state index contributed by atoms with van der Waals surface area (Å²) in [4.78, 5) is 11.7. The van der Waals surface area contributed by atoms with E-state index >= 15 is 0 Å². The summed E-state index contributed by atoms with van der Waals surface area (Å²) >= 11 is 0. The Morgan fingerprint density at radius 3 is 2.89 bits per heavy atom. The molecule has 1 saturated carbocycles. The smallest absolute Gasteiger partial charge is 0.309 e. The maximum absolute atomic E-state index is 13.8. The number of hydrogen-bond acceptors (Lipinski definition) is 3. The van der Waals surface area contributed by atoms with E-state index < -0.39 is 17.6 Å². The molecule has 1 aliphatic heterocycles. The SMILES string of the molecule is CCOC(=O)C1[C@H]2c3c(F)ccc(F)c3OC[C@@H]12. The first-order valence-corrected chi connectivity index (χ1v) is 5.92. The number of esters is 1. The van der Waals surface area contributed by atoms with Crippen LogP contribution in [0.1, 0.15) is 18.4 Å². The van der Waals surface area contributed by atoms with Gasteiger partial charge in [0.2, 0.25) is 0 Å². The monoisotopic (exact) mass is 254 g/mol. The Morgan fingerprint density at radius 2 is 2.17 bits per heavy atom. The Balaban J connectivity index is 1.95. The van der Waals surface area contributed by atoms with Gasteiger partial charge in [0, 0.05) is 17.4 Å². The maximum atomic E-state index is 13.8. The van der Waals surface area contributed by atoms with E-state index in [1.54, 1.807) is 6.92 Å². The summed E-state index contributed by atoms with van der Waals surface area (Å²) in [5, 5.41) is 0. The minimum absolute atomic E-state index is 0.0527. The molecule has 1 unspecified atom stereocenters. The third-order valence-corrected chi connectivity index (χ3v) is 3.58. The molecule has 1 aromatic carbocycles. The summed E-state index contributed by atoms with van der Waals surface area (Å²) in [7, 11) is 0. The Kier molecular flexibility index (Phi) is 2.50. The molecule has 1 heterocycles. The number of benzene rings is 1. The van der Waals surface area contributed by atoms with Crippen LogP contribution in [0.15, 0.2) is 12.1 Å². The molecule has 3 nitrogen and oxygen atoms in total. The molecule has 0 spiro atoms. The number of ether oxygens (including phenoxy) is 2. The lowest BCUT2D eigenvalue weighted by Crippen LogP contribution is -2.12. The van der Waals surface area contributed by atoms with Gasteiger partial charge in [-0.15, -0.1) is 0 Å². The van der Waals surface area contributed by atoms with Crippen LogP contribution in [0, 0.1) is 23.5 Å². The highest BCUT2D eigenvalue weighted by molar-refractivity contribution is 5.79. The van der Waals surface area contributed by atoms with Crippen molar-refractivity contribution in [2.24, 2.45) is 11.8 Å². The average molecular weight is 254 g/mol. The summed E-state index contributed by atoms with van der Waals surface area (Å²) in [5.74, 6) is -2.30. The van der Waals surface area contributed by atoms with Crippen molar-refractivity contribution in [3.05, 3.63) is 29.3 Å². The second kappa shape index (κ2) is 3.93. The first kappa shape index (κ1) is 11.4. The molecule has 3 atom stereocenters. The Bertz CT molecular complexity index is 515. The van der Waals surface area contributed by atoms with Crippen molar-refractivity contribution in [2.75, 3.05) is 13.2 Å². The minimum atomic E-state index is -0.584. The zero-order chi connectivity index (χ0) is 12.9. The van der Waals surface area contributed by atoms with Gasteiger partial charge in [0.15, 0.2) is 11.6 Å². The zero-order valence-electron chi connectivity index (χ0n) is 9.78. The van der Waals surface area contributed by atoms with Crippen molar-refractivity contribution in [2.45, 2.75) is 12.8 Å². The molecule has 0 saturated heterocycles. The van der Waals surface area contributed by atoms with Crippen molar-refractivity contribution < 1.29 is 23.0 Å². The number of carbonyl (C=O) groups excluding carboxylic acids is 1. The fourth-order valence-corrected chi connectivity index (χ4v) is 2.72. The standard InChI is InChI=1S/C13H12F2O3/c1-2-17-13(16)10-6-5-18-12-8(15)4-3-7(14)11(12)9(6)10/h3-4,6,9-10H,2,5H2,1H3/t6-,9+,10?/m1/s1. The Labute approximate surface area is 103 Å². The predicted molar refractivity (Wildman–Crippen MR) is 58.2 cm³/mol. The maximum Gasteiger partial charge on any atom is 0.309 e. The molecule has 1 aliphatic carbocycles. The van der Waals surface area contributed by atoms with Gasteiger partial charge in [-0.05, 0) is 19.1 Å². The van der Waals surface area contributed by atoms with E-state index in [4.69, 9.17) is 9.47 Å². The van der Waals surface area contributed by atoms with Gasteiger partial charge >= 0.3 is 5.97 Å². The van der Waals surface area contributed by atoms with E-state index in [9.17, 15) is 13.6 Å². The first-order valence-electron chi connectivity index (χ1n) is 5.92. The zero-order valence-corrected chi connectivity index (χ0v) is 9.78. The van der Waals surface area contributed by atoms with Gasteiger partial charge in [0.05, 0.1) is 19.1 Å². The van der Waals surface area contributed by atoms with Crippen LogP contribution < -0.4 is 4.74 Å². The first-order chi connectivity index (χ1) is 8.65. The van der Waals surface area contributed by atoms with Crippen molar-refractivity contribution >= 4 is 5.97 Å². The van der Waals surface area contributed by atoms with Crippen molar-refractivity contribution in [1.29, 1.82) is 0 Å². The van der Waals surface area contributed by atoms with E-state index in [0.29, 0.717) is 0 Å². The average Bonchev–Trinajstić information content (AvgIpc) is 3.08. The van der Waals surface area contributed by atoms with E-state index in [1.165, 1.54) is 0 Å². The lowest BCUT2D eigenvalue weighted by molar-refractivity contribution is -0.145. The number of carbonyl (C=O) groups is 1. The normalized spacial score (nSPS) is 27.8. The molecule has 1 aromatic rings. The van der Waals surface area contributed by atoms with E-state index in [-0.39, 0.29) is 42.3 Å². The number of fused-ring (bicyclic) bond motifs is 3. The van der Waals surface area contributed by atoms with E-state index in [1.807, 2.05) is 0 Å². The Morgan fingerprint density at radius 1 is 1.44 bits per heavy atom. The van der Waals surface area contributed by atoms with E-state index in [0.717, 1.165) is 12.1 Å². The van der Waals surface area contributed by atoms with Crippen LogP contribution >= 0.6 is 0 Å². The Hall–Kier alpha value is -1.65. The van der Waals surface area contributed by atoms with Crippen LogP contribution in [0.4, 0.5) is 8.78 Å². The molecule has 0 bridgehead atoms. The van der Waals surface area contributed by atoms with Gasteiger partial charge in [0.1, 0.15) is 5.82 Å². The molecule has 96 valence electrons. The second-order valence-corrected chi connectivity index (χ2v) is 4.55. The van der Waals surface area contributed by atoms with Crippen molar-refractivity contribution in [3.63, 3.8) is 0 Å². The van der Waals surface area contributed by atoms with Crippen LogP contribution in [0.25, 0.3) is 0 Å². The molecule has 2 aliphatic rings. The van der Waals surface area contributed by atoms with E-state index in [2.05, 4.69) is 0 Å². The summed E-state index contributed by atoms with van der Waals surface area (Å²) < 4.78 is 37.4. The molecule has 5 heteroatoms. The fourth-order valence-electron chi connectivity index (χ4n) is 2.72. The minimum Gasteiger partial charge on any atom is -0.490 e. The summed E-state index contributed by atoms with van der Waals surface area (Å²) in [5.41, 5.74) is 0.185. The summed E-state index contributed by atoms with van der Waals surface area (Å²) in [6.07, 6.45) is 0. The molecule has 0 radical (unpaired) electrons. The van der Waals surface area contributed by atoms with Gasteiger partial charge in [-0.1, -0.05) is 0 Å². The predicted octanol–water partition coefficient (Wildman–Crippen LogP) is 2.25. The highest BCUT2D eigenvalue weighted by Gasteiger charge is 2.61. The second-order valence-electron chi connectivity index (χ2n) is 4.55. The van der Waals surface area contributed by atoms with Gasteiger partial charge in [-0.2, -0.15) is 0 Å². The van der Waals surface area contributed by atoms with Crippen molar-refractivity contribution in [3.8, 4) is 5.75 Å².